The van der Waals surface area contributed by atoms with Gasteiger partial charge < -0.3 is 11.1 Å². The first kappa shape index (κ1) is 11.4. The maximum Gasteiger partial charge on any atom is 0.153 e. The maximum absolute atomic E-state index is 5.78. The maximum atomic E-state index is 5.78. The zero-order chi connectivity index (χ0) is 12.3. The van der Waals surface area contributed by atoms with Crippen molar-refractivity contribution in [3.05, 3.63) is 47.9 Å². The van der Waals surface area contributed by atoms with Crippen LogP contribution in [0.15, 0.2) is 36.8 Å². The summed E-state index contributed by atoms with van der Waals surface area (Å²) >= 11 is 0. The van der Waals surface area contributed by atoms with E-state index < -0.39 is 0 Å². The SMILES string of the molecule is Cc1ccc(C(C)Nc2ncncc2N)cc1. The van der Waals surface area contributed by atoms with Crippen molar-refractivity contribution in [2.45, 2.75) is 19.9 Å². The lowest BCUT2D eigenvalue weighted by atomic mass is 10.1. The summed E-state index contributed by atoms with van der Waals surface area (Å²) in [7, 11) is 0. The summed E-state index contributed by atoms with van der Waals surface area (Å²) in [6.45, 7) is 4.15. The average Bonchev–Trinajstić information content (AvgIpc) is 2.33. The van der Waals surface area contributed by atoms with Crippen molar-refractivity contribution in [2.24, 2.45) is 0 Å². The molecule has 3 N–H and O–H groups in total. The average molecular weight is 228 g/mol. The summed E-state index contributed by atoms with van der Waals surface area (Å²) in [6.07, 6.45) is 3.08. The Morgan fingerprint density at radius 2 is 1.94 bits per heavy atom. The number of aryl methyl sites for hydroxylation is 1. The molecular formula is C13H16N4. The molecule has 1 heterocycles. The van der Waals surface area contributed by atoms with Gasteiger partial charge in [0.05, 0.1) is 17.9 Å². The number of aromatic nitrogens is 2. The number of nitrogens with two attached hydrogens (primary N) is 1. The van der Waals surface area contributed by atoms with Crippen molar-refractivity contribution in [2.75, 3.05) is 11.1 Å². The highest BCUT2D eigenvalue weighted by Crippen LogP contribution is 2.21. The quantitative estimate of drug-likeness (QED) is 0.847. The first-order valence-corrected chi connectivity index (χ1v) is 5.55. The summed E-state index contributed by atoms with van der Waals surface area (Å²) in [5.41, 5.74) is 8.80. The van der Waals surface area contributed by atoms with Crippen LogP contribution >= 0.6 is 0 Å². The number of anilines is 2. The predicted octanol–water partition coefficient (Wildman–Crippen LogP) is 2.54. The fraction of sp³-hybridized carbons (Fsp3) is 0.231. The fourth-order valence-electron chi connectivity index (χ4n) is 1.60. The van der Waals surface area contributed by atoms with Gasteiger partial charge in [0, 0.05) is 0 Å². The molecule has 0 fully saturated rings. The minimum Gasteiger partial charge on any atom is -0.394 e. The summed E-state index contributed by atoms with van der Waals surface area (Å²) < 4.78 is 0. The van der Waals surface area contributed by atoms with Crippen LogP contribution in [0.2, 0.25) is 0 Å². The highest BCUT2D eigenvalue weighted by molar-refractivity contribution is 5.59. The molecule has 0 aliphatic carbocycles. The molecule has 0 aliphatic heterocycles. The van der Waals surface area contributed by atoms with Gasteiger partial charge in [-0.25, -0.2) is 9.97 Å². The third kappa shape index (κ3) is 2.72. The van der Waals surface area contributed by atoms with E-state index in [-0.39, 0.29) is 6.04 Å². The highest BCUT2D eigenvalue weighted by Gasteiger charge is 2.07. The van der Waals surface area contributed by atoms with Crippen LogP contribution in [0.25, 0.3) is 0 Å². The van der Waals surface area contributed by atoms with Crippen LogP contribution in [-0.2, 0) is 0 Å². The van der Waals surface area contributed by atoms with Crippen molar-refractivity contribution in [1.82, 2.24) is 9.97 Å². The third-order valence-corrected chi connectivity index (χ3v) is 2.67. The predicted molar refractivity (Wildman–Crippen MR) is 69.7 cm³/mol. The molecule has 0 spiro atoms. The van der Waals surface area contributed by atoms with Gasteiger partial charge in [-0.2, -0.15) is 0 Å². The van der Waals surface area contributed by atoms with Crippen LogP contribution in [0, 0.1) is 6.92 Å². The summed E-state index contributed by atoms with van der Waals surface area (Å²) in [5, 5.41) is 3.27. The van der Waals surface area contributed by atoms with Gasteiger partial charge in [-0.1, -0.05) is 29.8 Å². The van der Waals surface area contributed by atoms with Crippen LogP contribution < -0.4 is 11.1 Å². The molecule has 0 radical (unpaired) electrons. The Hall–Kier alpha value is -2.10. The highest BCUT2D eigenvalue weighted by atomic mass is 15.0. The Morgan fingerprint density at radius 3 is 2.59 bits per heavy atom. The second kappa shape index (κ2) is 4.82. The molecule has 0 bridgehead atoms. The zero-order valence-electron chi connectivity index (χ0n) is 10.0. The third-order valence-electron chi connectivity index (χ3n) is 2.67. The number of rotatable bonds is 3. The molecule has 0 amide bonds. The lowest BCUT2D eigenvalue weighted by Gasteiger charge is -2.16. The molecule has 0 saturated heterocycles. The summed E-state index contributed by atoms with van der Waals surface area (Å²) in [6, 6.07) is 8.55. The molecule has 2 aromatic rings. The van der Waals surface area contributed by atoms with E-state index in [2.05, 4.69) is 53.4 Å². The second-order valence-corrected chi connectivity index (χ2v) is 4.10. The minimum atomic E-state index is 0.160. The molecule has 1 unspecified atom stereocenters. The van der Waals surface area contributed by atoms with E-state index in [0.29, 0.717) is 11.5 Å². The number of nitrogens with one attached hydrogen (secondary N) is 1. The second-order valence-electron chi connectivity index (χ2n) is 4.10. The van der Waals surface area contributed by atoms with E-state index in [4.69, 9.17) is 5.73 Å². The van der Waals surface area contributed by atoms with Crippen molar-refractivity contribution < 1.29 is 0 Å². The van der Waals surface area contributed by atoms with Crippen LogP contribution in [0.5, 0.6) is 0 Å². The lowest BCUT2D eigenvalue weighted by Crippen LogP contribution is -2.10. The Bertz CT molecular complexity index is 493. The summed E-state index contributed by atoms with van der Waals surface area (Å²) in [5.74, 6) is 0.674. The largest absolute Gasteiger partial charge is 0.394 e. The van der Waals surface area contributed by atoms with E-state index in [1.165, 1.54) is 17.5 Å². The molecule has 1 aromatic carbocycles. The molecule has 4 nitrogen and oxygen atoms in total. The van der Waals surface area contributed by atoms with Crippen LogP contribution in [-0.4, -0.2) is 9.97 Å². The monoisotopic (exact) mass is 228 g/mol. The summed E-state index contributed by atoms with van der Waals surface area (Å²) in [4.78, 5) is 7.97. The van der Waals surface area contributed by atoms with E-state index in [9.17, 15) is 0 Å². The normalized spacial score (nSPS) is 12.1. The van der Waals surface area contributed by atoms with Gasteiger partial charge in [0.1, 0.15) is 6.33 Å². The Labute approximate surface area is 101 Å². The molecule has 2 rings (SSSR count). The topological polar surface area (TPSA) is 63.8 Å². The molecule has 17 heavy (non-hydrogen) atoms. The van der Waals surface area contributed by atoms with Crippen molar-refractivity contribution >= 4 is 11.5 Å². The first-order chi connectivity index (χ1) is 8.16. The Balaban J connectivity index is 2.14. The van der Waals surface area contributed by atoms with Crippen molar-refractivity contribution in [1.29, 1.82) is 0 Å². The Kier molecular flexibility index (Phi) is 3.23. The smallest absolute Gasteiger partial charge is 0.153 e. The zero-order valence-corrected chi connectivity index (χ0v) is 10.0. The Morgan fingerprint density at radius 1 is 1.24 bits per heavy atom. The molecule has 0 aliphatic rings. The van der Waals surface area contributed by atoms with Crippen LogP contribution in [0.1, 0.15) is 24.1 Å². The van der Waals surface area contributed by atoms with E-state index in [1.54, 1.807) is 6.20 Å². The minimum absolute atomic E-state index is 0.160. The van der Waals surface area contributed by atoms with Crippen LogP contribution in [0.4, 0.5) is 11.5 Å². The van der Waals surface area contributed by atoms with Gasteiger partial charge in [-0.3, -0.25) is 0 Å². The van der Waals surface area contributed by atoms with Gasteiger partial charge in [-0.15, -0.1) is 0 Å². The van der Waals surface area contributed by atoms with Gasteiger partial charge in [0.2, 0.25) is 0 Å². The standard InChI is InChI=1S/C13H16N4/c1-9-3-5-11(6-4-9)10(2)17-13-12(14)7-15-8-16-13/h3-8,10H,14H2,1-2H3,(H,15,16,17). The number of hydrogen-bond donors (Lipinski definition) is 2. The molecule has 0 saturated carbocycles. The van der Waals surface area contributed by atoms with E-state index in [0.717, 1.165) is 0 Å². The number of hydrogen-bond acceptors (Lipinski definition) is 4. The fourth-order valence-corrected chi connectivity index (χ4v) is 1.60. The molecular weight excluding hydrogens is 212 g/mol. The molecule has 4 heteroatoms. The van der Waals surface area contributed by atoms with Crippen LogP contribution in [0.3, 0.4) is 0 Å². The van der Waals surface area contributed by atoms with Crippen molar-refractivity contribution in [3.63, 3.8) is 0 Å². The number of nitrogens with zero attached hydrogens (tertiary/aromatic N) is 2. The molecule has 1 aromatic heterocycles. The van der Waals surface area contributed by atoms with Gasteiger partial charge >= 0.3 is 0 Å². The number of nitrogen functional groups attached to an aromatic ring is 1. The van der Waals surface area contributed by atoms with Gasteiger partial charge in [0.25, 0.3) is 0 Å². The number of benzene rings is 1. The lowest BCUT2D eigenvalue weighted by molar-refractivity contribution is 0.872. The van der Waals surface area contributed by atoms with Gasteiger partial charge in [0.15, 0.2) is 5.82 Å². The van der Waals surface area contributed by atoms with Crippen molar-refractivity contribution in [3.8, 4) is 0 Å². The van der Waals surface area contributed by atoms with E-state index >= 15 is 0 Å². The first-order valence-electron chi connectivity index (χ1n) is 5.55. The molecule has 1 atom stereocenters. The molecule has 88 valence electrons. The van der Waals surface area contributed by atoms with E-state index in [1.807, 2.05) is 0 Å². The van der Waals surface area contributed by atoms with Gasteiger partial charge in [-0.05, 0) is 19.4 Å².